The molecule has 2 atom stereocenters. The van der Waals surface area contributed by atoms with Crippen LogP contribution in [0, 0.1) is 54.8 Å². The van der Waals surface area contributed by atoms with Crippen LogP contribution in [-0.2, 0) is 0 Å². The predicted molar refractivity (Wildman–Crippen MR) is 139 cm³/mol. The maximum absolute atomic E-state index is 10.1. The Labute approximate surface area is 204 Å². The minimum atomic E-state index is -1.18. The average Bonchev–Trinajstić information content (AvgIpc) is 2.84. The molecule has 0 N–H and O–H groups in total. The van der Waals surface area contributed by atoms with Crippen LogP contribution < -0.4 is 4.74 Å². The van der Waals surface area contributed by atoms with Crippen molar-refractivity contribution in [2.24, 2.45) is 11.3 Å². The molecule has 0 saturated carbocycles. The normalized spacial score (nSPS) is 16.9. The van der Waals surface area contributed by atoms with Crippen molar-refractivity contribution in [3.05, 3.63) is 94.6 Å². The Kier molecular flexibility index (Phi) is 8.14. The monoisotopic (exact) mass is 450 g/mol. The summed E-state index contributed by atoms with van der Waals surface area (Å²) >= 11 is 0. The lowest BCUT2D eigenvalue weighted by Gasteiger charge is -2.37. The van der Waals surface area contributed by atoms with Gasteiger partial charge in [-0.3, -0.25) is 0 Å². The predicted octanol–water partition coefficient (Wildman–Crippen LogP) is 7.75. The molecule has 174 valence electrons. The Morgan fingerprint density at radius 1 is 1.12 bits per heavy atom. The highest BCUT2D eigenvalue weighted by Crippen LogP contribution is 2.48. The molecule has 0 saturated heterocycles. The van der Waals surface area contributed by atoms with Gasteiger partial charge in [-0.2, -0.15) is 10.5 Å². The van der Waals surface area contributed by atoms with Crippen LogP contribution >= 0.6 is 0 Å². The molecule has 0 fully saturated rings. The molecule has 1 aliphatic carbocycles. The van der Waals surface area contributed by atoms with Crippen LogP contribution in [0.2, 0.25) is 0 Å². The summed E-state index contributed by atoms with van der Waals surface area (Å²) in [7, 11) is 1.67. The molecule has 3 rings (SSSR count). The number of methoxy groups -OCH3 is 1. The Hall–Kier alpha value is -3.56. The van der Waals surface area contributed by atoms with Crippen LogP contribution in [0.5, 0.6) is 5.75 Å². The van der Waals surface area contributed by atoms with E-state index in [9.17, 15) is 10.5 Å². The topological polar surface area (TPSA) is 56.8 Å². The van der Waals surface area contributed by atoms with E-state index in [4.69, 9.17) is 4.74 Å². The van der Waals surface area contributed by atoms with E-state index in [2.05, 4.69) is 69.8 Å². The first-order valence-electron chi connectivity index (χ1n) is 11.9. The molecule has 0 radical (unpaired) electrons. The molecule has 0 spiro atoms. The largest absolute Gasteiger partial charge is 0.497 e. The lowest BCUT2D eigenvalue weighted by Crippen LogP contribution is -2.30. The van der Waals surface area contributed by atoms with Gasteiger partial charge in [0.1, 0.15) is 5.75 Å². The van der Waals surface area contributed by atoms with E-state index in [1.54, 1.807) is 13.2 Å². The quantitative estimate of drug-likeness (QED) is 0.386. The van der Waals surface area contributed by atoms with Crippen molar-refractivity contribution in [2.75, 3.05) is 7.11 Å². The molecule has 0 aromatic heterocycles. The molecular formula is C31H34N2O. The van der Waals surface area contributed by atoms with Crippen molar-refractivity contribution < 1.29 is 4.74 Å². The minimum absolute atomic E-state index is 0.0557. The number of hydrogen-bond donors (Lipinski definition) is 0. The zero-order chi connectivity index (χ0) is 24.7. The number of rotatable bonds is 8. The van der Waals surface area contributed by atoms with Crippen LogP contribution in [0.15, 0.2) is 66.8 Å². The zero-order valence-corrected chi connectivity index (χ0v) is 20.8. The van der Waals surface area contributed by atoms with Gasteiger partial charge in [0.15, 0.2) is 5.41 Å². The molecule has 0 bridgehead atoms. The molecule has 0 aliphatic heterocycles. The SMILES string of the molecule is C=CCC(C#N)(C#N)C1=CCCC[C@H]1C(/C=C/c1ccc(OC)cc1)c1c(C)cc(C)cc1C. The van der Waals surface area contributed by atoms with Crippen LogP contribution in [0.3, 0.4) is 0 Å². The van der Waals surface area contributed by atoms with E-state index in [1.165, 1.54) is 22.3 Å². The smallest absolute Gasteiger partial charge is 0.168 e. The number of allylic oxidation sites excluding steroid dienone is 4. The Bertz CT molecular complexity index is 1130. The third kappa shape index (κ3) is 5.16. The van der Waals surface area contributed by atoms with Gasteiger partial charge in [0.25, 0.3) is 0 Å². The molecule has 1 unspecified atom stereocenters. The Morgan fingerprint density at radius 3 is 2.32 bits per heavy atom. The van der Waals surface area contributed by atoms with E-state index in [1.807, 2.05) is 24.3 Å². The molecule has 0 heterocycles. The fourth-order valence-corrected chi connectivity index (χ4v) is 5.42. The first kappa shape index (κ1) is 25.1. The van der Waals surface area contributed by atoms with Crippen molar-refractivity contribution in [1.82, 2.24) is 0 Å². The molecule has 34 heavy (non-hydrogen) atoms. The number of ether oxygens (including phenoxy) is 1. The third-order valence-corrected chi connectivity index (χ3v) is 6.92. The Morgan fingerprint density at radius 2 is 1.76 bits per heavy atom. The number of nitrogens with zero attached hydrogens (tertiary/aromatic N) is 2. The molecular weight excluding hydrogens is 416 g/mol. The molecule has 3 heteroatoms. The molecule has 1 aliphatic rings. The van der Waals surface area contributed by atoms with Crippen molar-refractivity contribution in [3.63, 3.8) is 0 Å². The summed E-state index contributed by atoms with van der Waals surface area (Å²) in [5.41, 5.74) is 5.89. The Balaban J connectivity index is 2.16. The van der Waals surface area contributed by atoms with Crippen molar-refractivity contribution >= 4 is 6.08 Å². The van der Waals surface area contributed by atoms with E-state index >= 15 is 0 Å². The number of hydrogen-bond acceptors (Lipinski definition) is 3. The standard InChI is InChI=1S/C31H34N2O/c1-6-17-31(20-32,21-33)29-10-8-7-9-27(29)28(30-23(3)18-22(2)19-24(30)4)16-13-25-11-14-26(34-5)15-12-25/h6,10-16,18-19,27-28H,1,7-9,17H2,2-5H3/b16-13+/t27-,28?/m0/s1. The number of aryl methyl sites for hydroxylation is 3. The van der Waals surface area contributed by atoms with Crippen molar-refractivity contribution in [1.29, 1.82) is 10.5 Å². The first-order chi connectivity index (χ1) is 16.4. The van der Waals surface area contributed by atoms with Gasteiger partial charge in [-0.05, 0) is 85.9 Å². The van der Waals surface area contributed by atoms with Gasteiger partial charge in [-0.25, -0.2) is 0 Å². The molecule has 0 amide bonds. The van der Waals surface area contributed by atoms with Gasteiger partial charge < -0.3 is 4.74 Å². The molecule has 2 aromatic rings. The fourth-order valence-electron chi connectivity index (χ4n) is 5.42. The van der Waals surface area contributed by atoms with E-state index < -0.39 is 5.41 Å². The first-order valence-corrected chi connectivity index (χ1v) is 11.9. The van der Waals surface area contributed by atoms with E-state index in [-0.39, 0.29) is 11.8 Å². The molecule has 2 aromatic carbocycles. The average molecular weight is 451 g/mol. The van der Waals surface area contributed by atoms with Crippen LogP contribution in [0.4, 0.5) is 0 Å². The van der Waals surface area contributed by atoms with Crippen LogP contribution in [-0.4, -0.2) is 7.11 Å². The van der Waals surface area contributed by atoms with Crippen molar-refractivity contribution in [3.8, 4) is 17.9 Å². The minimum Gasteiger partial charge on any atom is -0.497 e. The zero-order valence-electron chi connectivity index (χ0n) is 20.8. The number of nitriles is 2. The summed E-state index contributed by atoms with van der Waals surface area (Å²) in [6, 6.07) is 17.2. The summed E-state index contributed by atoms with van der Waals surface area (Å²) in [5.74, 6) is 0.955. The van der Waals surface area contributed by atoms with Gasteiger partial charge in [0, 0.05) is 12.3 Å². The summed E-state index contributed by atoms with van der Waals surface area (Å²) in [5, 5.41) is 20.3. The number of benzene rings is 2. The summed E-state index contributed by atoms with van der Waals surface area (Å²) < 4.78 is 5.30. The maximum atomic E-state index is 10.1. The van der Waals surface area contributed by atoms with Gasteiger partial charge in [0.2, 0.25) is 0 Å². The summed E-state index contributed by atoms with van der Waals surface area (Å²) in [6.45, 7) is 10.3. The van der Waals surface area contributed by atoms with Gasteiger partial charge >= 0.3 is 0 Å². The van der Waals surface area contributed by atoms with E-state index in [0.717, 1.165) is 36.1 Å². The fraction of sp³-hybridized carbons (Fsp3) is 0.355. The van der Waals surface area contributed by atoms with Crippen LogP contribution in [0.1, 0.15) is 59.4 Å². The highest BCUT2D eigenvalue weighted by molar-refractivity contribution is 5.55. The summed E-state index contributed by atoms with van der Waals surface area (Å²) in [6.07, 6.45) is 11.5. The third-order valence-electron chi connectivity index (χ3n) is 6.92. The highest BCUT2D eigenvalue weighted by Gasteiger charge is 2.41. The van der Waals surface area contributed by atoms with Gasteiger partial charge in [0.05, 0.1) is 19.2 Å². The van der Waals surface area contributed by atoms with Gasteiger partial charge in [-0.1, -0.05) is 54.1 Å². The lowest BCUT2D eigenvalue weighted by molar-refractivity contribution is 0.404. The van der Waals surface area contributed by atoms with E-state index in [0.29, 0.717) is 6.42 Å². The maximum Gasteiger partial charge on any atom is 0.168 e. The molecule has 3 nitrogen and oxygen atoms in total. The van der Waals surface area contributed by atoms with Gasteiger partial charge in [-0.15, -0.1) is 6.58 Å². The lowest BCUT2D eigenvalue weighted by atomic mass is 9.64. The van der Waals surface area contributed by atoms with Crippen LogP contribution in [0.25, 0.3) is 6.08 Å². The van der Waals surface area contributed by atoms with Crippen molar-refractivity contribution in [2.45, 2.75) is 52.4 Å². The second kappa shape index (κ2) is 11.0. The second-order valence-electron chi connectivity index (χ2n) is 9.29. The second-order valence-corrected chi connectivity index (χ2v) is 9.29. The summed E-state index contributed by atoms with van der Waals surface area (Å²) in [4.78, 5) is 0. The highest BCUT2D eigenvalue weighted by atomic mass is 16.5.